The van der Waals surface area contributed by atoms with Gasteiger partial charge in [0.2, 0.25) is 0 Å². The van der Waals surface area contributed by atoms with Crippen LogP contribution in [0.1, 0.15) is 17.3 Å². The maximum atomic E-state index is 12.9. The molecule has 0 atom stereocenters. The van der Waals surface area contributed by atoms with Gasteiger partial charge in [-0.25, -0.2) is 0 Å². The molecule has 0 spiro atoms. The van der Waals surface area contributed by atoms with E-state index in [1.165, 1.54) is 0 Å². The van der Waals surface area contributed by atoms with Gasteiger partial charge in [0.1, 0.15) is 0 Å². The number of hydrogen-bond donors (Lipinski definition) is 2. The minimum atomic E-state index is 0.0491. The predicted molar refractivity (Wildman–Crippen MR) is 136 cm³/mol. The number of anilines is 2. The third kappa shape index (κ3) is 5.18. The van der Waals surface area contributed by atoms with Gasteiger partial charge in [0, 0.05) is 41.8 Å². The molecule has 3 aromatic carbocycles. The normalized spacial score (nSPS) is 11.2. The van der Waals surface area contributed by atoms with Gasteiger partial charge in [-0.15, -0.1) is 0 Å². The molecule has 0 saturated carbocycles. The minimum Gasteiger partial charge on any atom is -0.354 e. The topological polar surface area (TPSA) is 64.3 Å². The third-order valence-electron chi connectivity index (χ3n) is 5.61. The Morgan fingerprint density at radius 2 is 1.79 bits per heavy atom. The first kappa shape index (κ1) is 22.8. The Balaban J connectivity index is 1.53. The van der Waals surface area contributed by atoms with Crippen molar-refractivity contribution in [3.8, 4) is 11.3 Å². The zero-order valence-electron chi connectivity index (χ0n) is 19.1. The second-order valence-corrected chi connectivity index (χ2v) is 8.61. The lowest BCUT2D eigenvalue weighted by Gasteiger charge is -2.23. The highest BCUT2D eigenvalue weighted by molar-refractivity contribution is 6.33. The van der Waals surface area contributed by atoms with Crippen LogP contribution >= 0.6 is 11.6 Å². The summed E-state index contributed by atoms with van der Waals surface area (Å²) in [6, 6.07) is 21.4. The third-order valence-corrected chi connectivity index (χ3v) is 5.94. The van der Waals surface area contributed by atoms with Crippen LogP contribution in [-0.2, 0) is 0 Å². The summed E-state index contributed by atoms with van der Waals surface area (Å²) >= 11 is 6.26. The van der Waals surface area contributed by atoms with E-state index in [0.717, 1.165) is 40.1 Å². The molecule has 2 N–H and O–H groups in total. The number of aromatic nitrogens is 2. The number of aromatic amines is 1. The first-order valence-corrected chi connectivity index (χ1v) is 11.4. The number of nitrogens with one attached hydrogen (secondary N) is 2. The van der Waals surface area contributed by atoms with Gasteiger partial charge >= 0.3 is 0 Å². The number of likely N-dealkylation sites (N-methyl/N-ethyl adjacent to an activating group) is 2. The summed E-state index contributed by atoms with van der Waals surface area (Å²) in [5.74, 6) is 0.0491. The molecule has 7 heteroatoms. The molecule has 0 bridgehead atoms. The average molecular weight is 462 g/mol. The van der Waals surface area contributed by atoms with Crippen molar-refractivity contribution in [3.63, 3.8) is 0 Å². The van der Waals surface area contributed by atoms with E-state index in [1.54, 1.807) is 0 Å². The lowest BCUT2D eigenvalue weighted by Crippen LogP contribution is -2.36. The highest BCUT2D eigenvalue weighted by Crippen LogP contribution is 2.31. The molecule has 0 aliphatic heterocycles. The largest absolute Gasteiger partial charge is 0.354 e. The van der Waals surface area contributed by atoms with E-state index in [2.05, 4.69) is 20.4 Å². The smallest absolute Gasteiger partial charge is 0.253 e. The second-order valence-electron chi connectivity index (χ2n) is 8.20. The predicted octanol–water partition coefficient (Wildman–Crippen LogP) is 5.65. The summed E-state index contributed by atoms with van der Waals surface area (Å²) in [7, 11) is 4.02. The van der Waals surface area contributed by atoms with Crippen molar-refractivity contribution >= 4 is 39.8 Å². The van der Waals surface area contributed by atoms with Crippen molar-refractivity contribution < 1.29 is 4.79 Å². The summed E-state index contributed by atoms with van der Waals surface area (Å²) < 4.78 is 0. The van der Waals surface area contributed by atoms with Crippen LogP contribution in [0.25, 0.3) is 22.2 Å². The second kappa shape index (κ2) is 10.1. The first-order valence-electron chi connectivity index (χ1n) is 11.0. The van der Waals surface area contributed by atoms with Crippen molar-refractivity contribution in [2.75, 3.05) is 39.0 Å². The number of para-hydroxylation sites is 1. The molecule has 0 unspecified atom stereocenters. The van der Waals surface area contributed by atoms with Crippen LogP contribution in [0, 0.1) is 0 Å². The summed E-state index contributed by atoms with van der Waals surface area (Å²) in [5, 5.41) is 12.7. The van der Waals surface area contributed by atoms with E-state index in [0.29, 0.717) is 23.7 Å². The van der Waals surface area contributed by atoms with Gasteiger partial charge in [0.25, 0.3) is 5.91 Å². The molecule has 170 valence electrons. The number of carbonyl (C=O) groups excluding carboxylic acids is 1. The molecule has 1 amide bonds. The molecule has 4 aromatic rings. The Kier molecular flexibility index (Phi) is 6.96. The number of fused-ring (bicyclic) bond motifs is 1. The lowest BCUT2D eigenvalue weighted by atomic mass is 10.0. The van der Waals surface area contributed by atoms with Crippen molar-refractivity contribution in [1.82, 2.24) is 20.0 Å². The Hall–Kier alpha value is -3.35. The molecule has 33 heavy (non-hydrogen) atoms. The van der Waals surface area contributed by atoms with Crippen molar-refractivity contribution in [2.45, 2.75) is 6.92 Å². The fraction of sp³-hybridized carbons (Fsp3) is 0.231. The molecule has 0 aliphatic carbocycles. The van der Waals surface area contributed by atoms with Crippen LogP contribution in [0.4, 0.5) is 11.4 Å². The van der Waals surface area contributed by atoms with E-state index in [4.69, 9.17) is 11.6 Å². The molecule has 4 rings (SSSR count). The van der Waals surface area contributed by atoms with E-state index < -0.39 is 0 Å². The van der Waals surface area contributed by atoms with Crippen molar-refractivity contribution in [3.05, 3.63) is 77.3 Å². The summed E-state index contributed by atoms with van der Waals surface area (Å²) in [5.41, 5.74) is 5.19. The number of H-pyrrole nitrogens is 1. The molecular formula is C26H28ClN5O. The van der Waals surface area contributed by atoms with E-state index in [-0.39, 0.29) is 5.91 Å². The van der Waals surface area contributed by atoms with Crippen LogP contribution in [0.2, 0.25) is 5.02 Å². The first-order chi connectivity index (χ1) is 16.0. The lowest BCUT2D eigenvalue weighted by molar-refractivity contribution is 0.0754. The van der Waals surface area contributed by atoms with Gasteiger partial charge in [-0.3, -0.25) is 9.89 Å². The van der Waals surface area contributed by atoms with Crippen LogP contribution in [0.15, 0.2) is 66.7 Å². The summed E-state index contributed by atoms with van der Waals surface area (Å²) in [4.78, 5) is 16.8. The van der Waals surface area contributed by atoms with Crippen molar-refractivity contribution in [1.29, 1.82) is 0 Å². The fourth-order valence-corrected chi connectivity index (χ4v) is 3.90. The SMILES string of the molecule is CCN(CCN(C)C)C(=O)c1ccc(-c2n[nH]c3cc(Nc4ccccc4Cl)ccc23)cc1. The number of rotatable bonds is 8. The molecular weight excluding hydrogens is 434 g/mol. The number of amides is 1. The molecule has 1 heterocycles. The Labute approximate surface area is 199 Å². The van der Waals surface area contributed by atoms with Crippen molar-refractivity contribution in [2.24, 2.45) is 0 Å². The fourth-order valence-electron chi connectivity index (χ4n) is 3.71. The van der Waals surface area contributed by atoms with Crippen LogP contribution in [0.3, 0.4) is 0 Å². The molecule has 1 aromatic heterocycles. The Morgan fingerprint density at radius 3 is 2.48 bits per heavy atom. The Bertz CT molecular complexity index is 1250. The van der Waals surface area contributed by atoms with E-state index >= 15 is 0 Å². The van der Waals surface area contributed by atoms with E-state index in [9.17, 15) is 4.79 Å². The summed E-state index contributed by atoms with van der Waals surface area (Å²) in [6.45, 7) is 4.23. The number of nitrogens with zero attached hydrogens (tertiary/aromatic N) is 3. The zero-order valence-corrected chi connectivity index (χ0v) is 19.9. The number of halogens is 1. The Morgan fingerprint density at radius 1 is 1.03 bits per heavy atom. The van der Waals surface area contributed by atoms with Crippen LogP contribution in [-0.4, -0.2) is 59.6 Å². The molecule has 0 aliphatic rings. The quantitative estimate of drug-likeness (QED) is 0.356. The van der Waals surface area contributed by atoms with Gasteiger partial charge in [-0.2, -0.15) is 5.10 Å². The maximum absolute atomic E-state index is 12.9. The average Bonchev–Trinajstić information content (AvgIpc) is 3.24. The standard InChI is InChI=1S/C26H28ClN5O/c1-4-32(16-15-31(2)3)26(33)19-11-9-18(10-12-19)25-21-14-13-20(17-24(21)29-30-25)28-23-8-6-5-7-22(23)27/h5-14,17,28H,4,15-16H2,1-3H3,(H,29,30). The van der Waals surface area contributed by atoms with Crippen LogP contribution in [0.5, 0.6) is 0 Å². The monoisotopic (exact) mass is 461 g/mol. The van der Waals surface area contributed by atoms with Gasteiger partial charge < -0.3 is 15.1 Å². The summed E-state index contributed by atoms with van der Waals surface area (Å²) in [6.07, 6.45) is 0. The highest BCUT2D eigenvalue weighted by Gasteiger charge is 2.15. The maximum Gasteiger partial charge on any atom is 0.253 e. The molecule has 6 nitrogen and oxygen atoms in total. The molecule has 0 saturated heterocycles. The minimum absolute atomic E-state index is 0.0491. The zero-order chi connectivity index (χ0) is 23.4. The van der Waals surface area contributed by atoms with Gasteiger partial charge in [-0.05, 0) is 63.5 Å². The molecule has 0 fully saturated rings. The number of hydrogen-bond acceptors (Lipinski definition) is 4. The van der Waals surface area contributed by atoms with E-state index in [1.807, 2.05) is 92.6 Å². The number of benzene rings is 3. The molecule has 0 radical (unpaired) electrons. The van der Waals surface area contributed by atoms with Gasteiger partial charge in [-0.1, -0.05) is 35.9 Å². The van der Waals surface area contributed by atoms with Gasteiger partial charge in [0.15, 0.2) is 0 Å². The van der Waals surface area contributed by atoms with Crippen LogP contribution < -0.4 is 5.32 Å². The highest BCUT2D eigenvalue weighted by atomic mass is 35.5. The van der Waals surface area contributed by atoms with Gasteiger partial charge in [0.05, 0.1) is 21.9 Å². The number of carbonyl (C=O) groups is 1.